The molecule has 12 heavy (non-hydrogen) atoms. The van der Waals surface area contributed by atoms with E-state index in [2.05, 4.69) is 19.9 Å². The number of hydrogen-bond donors (Lipinski definition) is 0. The molecule has 2 aromatic heterocycles. The van der Waals surface area contributed by atoms with Crippen LogP contribution >= 0.6 is 0 Å². The number of hydrogen-bond acceptors (Lipinski definition) is 5. The number of carbonyl (C=O) groups excluding carboxylic acids is 1. The third-order valence-corrected chi connectivity index (χ3v) is 1.36. The van der Waals surface area contributed by atoms with Gasteiger partial charge in [0.1, 0.15) is 17.5 Å². The topological polar surface area (TPSA) is 68.6 Å². The van der Waals surface area contributed by atoms with Crippen molar-refractivity contribution < 1.29 is 4.79 Å². The summed E-state index contributed by atoms with van der Waals surface area (Å²) in [5.41, 5.74) is 1.31. The first-order chi connectivity index (χ1) is 5.90. The van der Waals surface area contributed by atoms with E-state index in [0.717, 1.165) is 0 Å². The monoisotopic (exact) mass is 160 g/mol. The van der Waals surface area contributed by atoms with Gasteiger partial charge >= 0.3 is 0 Å². The van der Waals surface area contributed by atoms with E-state index >= 15 is 0 Å². The summed E-state index contributed by atoms with van der Waals surface area (Å²) in [5, 5.41) is 0. The molecular formula is C7H4N4O. The van der Waals surface area contributed by atoms with E-state index in [1.165, 1.54) is 18.7 Å². The van der Waals surface area contributed by atoms with E-state index in [9.17, 15) is 4.79 Å². The molecule has 0 aliphatic rings. The van der Waals surface area contributed by atoms with Gasteiger partial charge < -0.3 is 0 Å². The molecule has 5 heteroatoms. The Bertz CT molecular complexity index is 428. The molecule has 0 spiro atoms. The Morgan fingerprint density at radius 3 is 3.00 bits per heavy atom. The highest BCUT2D eigenvalue weighted by atomic mass is 16.1. The number of nitrogens with zero attached hydrogens (tertiary/aromatic N) is 4. The minimum atomic E-state index is 0.289. The van der Waals surface area contributed by atoms with Crippen LogP contribution in [0.4, 0.5) is 0 Å². The van der Waals surface area contributed by atoms with Crippen LogP contribution in [0.3, 0.4) is 0 Å². The van der Waals surface area contributed by atoms with Crippen LogP contribution in [0.5, 0.6) is 0 Å². The molecule has 0 amide bonds. The van der Waals surface area contributed by atoms with Crippen molar-refractivity contribution in [2.75, 3.05) is 0 Å². The fourth-order valence-corrected chi connectivity index (χ4v) is 0.846. The SMILES string of the molecule is O=Cc1cnc2ncncc2n1. The fraction of sp³-hybridized carbons (Fsp3) is 0. The van der Waals surface area contributed by atoms with Crippen molar-refractivity contribution in [3.05, 3.63) is 24.4 Å². The Hall–Kier alpha value is -1.91. The predicted octanol–water partition coefficient (Wildman–Crippen LogP) is 0.232. The van der Waals surface area contributed by atoms with Crippen molar-refractivity contribution in [1.29, 1.82) is 0 Å². The van der Waals surface area contributed by atoms with Crippen LogP contribution in [0.25, 0.3) is 11.2 Å². The van der Waals surface area contributed by atoms with Crippen molar-refractivity contribution in [3.63, 3.8) is 0 Å². The Morgan fingerprint density at radius 1 is 1.25 bits per heavy atom. The normalized spacial score (nSPS) is 10.0. The minimum absolute atomic E-state index is 0.289. The quantitative estimate of drug-likeness (QED) is 0.558. The van der Waals surface area contributed by atoms with Gasteiger partial charge in [-0.25, -0.2) is 19.9 Å². The molecule has 0 atom stereocenters. The summed E-state index contributed by atoms with van der Waals surface area (Å²) in [6.45, 7) is 0. The van der Waals surface area contributed by atoms with Crippen LogP contribution in [0.15, 0.2) is 18.7 Å². The first-order valence-corrected chi connectivity index (χ1v) is 3.28. The highest BCUT2D eigenvalue weighted by Crippen LogP contribution is 2.01. The number of rotatable bonds is 1. The largest absolute Gasteiger partial charge is 0.296 e. The van der Waals surface area contributed by atoms with E-state index in [1.54, 1.807) is 0 Å². The van der Waals surface area contributed by atoms with Crippen molar-refractivity contribution in [3.8, 4) is 0 Å². The van der Waals surface area contributed by atoms with Gasteiger partial charge in [-0.3, -0.25) is 4.79 Å². The van der Waals surface area contributed by atoms with Crippen molar-refractivity contribution in [2.24, 2.45) is 0 Å². The molecule has 58 valence electrons. The van der Waals surface area contributed by atoms with Gasteiger partial charge in [-0.2, -0.15) is 0 Å². The van der Waals surface area contributed by atoms with Gasteiger partial charge in [-0.15, -0.1) is 0 Å². The van der Waals surface area contributed by atoms with E-state index in [1.807, 2.05) is 0 Å². The van der Waals surface area contributed by atoms with Gasteiger partial charge in [0, 0.05) is 0 Å². The Labute approximate surface area is 67.5 Å². The molecule has 0 saturated heterocycles. The molecule has 2 rings (SSSR count). The maximum Gasteiger partial charge on any atom is 0.181 e. The smallest absolute Gasteiger partial charge is 0.181 e. The van der Waals surface area contributed by atoms with Crippen LogP contribution in [0.1, 0.15) is 10.5 Å². The van der Waals surface area contributed by atoms with E-state index in [-0.39, 0.29) is 5.69 Å². The molecule has 0 fully saturated rings. The van der Waals surface area contributed by atoms with E-state index in [4.69, 9.17) is 0 Å². The molecule has 0 bridgehead atoms. The standard InChI is InChI=1S/C7H4N4O/c12-3-5-1-9-7-6(11-5)2-8-4-10-7/h1-4H. The van der Waals surface area contributed by atoms with Crippen LogP contribution in [-0.2, 0) is 0 Å². The fourth-order valence-electron chi connectivity index (χ4n) is 0.846. The third-order valence-electron chi connectivity index (χ3n) is 1.36. The first-order valence-electron chi connectivity index (χ1n) is 3.28. The molecule has 0 unspecified atom stereocenters. The highest BCUT2D eigenvalue weighted by molar-refractivity contribution is 5.76. The van der Waals surface area contributed by atoms with Crippen molar-refractivity contribution in [1.82, 2.24) is 19.9 Å². The number of aldehydes is 1. The lowest BCUT2D eigenvalue weighted by molar-refractivity contribution is 0.111. The van der Waals surface area contributed by atoms with Crippen LogP contribution in [0, 0.1) is 0 Å². The average Bonchev–Trinajstić information content (AvgIpc) is 2.17. The van der Waals surface area contributed by atoms with Crippen molar-refractivity contribution in [2.45, 2.75) is 0 Å². The highest BCUT2D eigenvalue weighted by Gasteiger charge is 1.97. The molecule has 2 heterocycles. The summed E-state index contributed by atoms with van der Waals surface area (Å²) >= 11 is 0. The molecule has 0 N–H and O–H groups in total. The average molecular weight is 160 g/mol. The summed E-state index contributed by atoms with van der Waals surface area (Å²) in [4.78, 5) is 25.8. The second kappa shape index (κ2) is 2.61. The Kier molecular flexibility index (Phi) is 1.48. The third kappa shape index (κ3) is 1.01. The summed E-state index contributed by atoms with van der Waals surface area (Å²) in [5.74, 6) is 0. The first kappa shape index (κ1) is 6.78. The molecule has 5 nitrogen and oxygen atoms in total. The maximum absolute atomic E-state index is 10.3. The lowest BCUT2D eigenvalue weighted by Gasteiger charge is -1.92. The number of fused-ring (bicyclic) bond motifs is 1. The number of carbonyl (C=O) groups is 1. The Morgan fingerprint density at radius 2 is 2.17 bits per heavy atom. The van der Waals surface area contributed by atoms with Crippen LogP contribution < -0.4 is 0 Å². The van der Waals surface area contributed by atoms with Gasteiger partial charge in [-0.1, -0.05) is 0 Å². The molecular weight excluding hydrogens is 156 g/mol. The second-order valence-electron chi connectivity index (χ2n) is 2.14. The van der Waals surface area contributed by atoms with E-state index in [0.29, 0.717) is 17.5 Å². The lowest BCUT2D eigenvalue weighted by atomic mass is 10.4. The van der Waals surface area contributed by atoms with Gasteiger partial charge in [-0.05, 0) is 0 Å². The molecule has 0 aliphatic heterocycles. The van der Waals surface area contributed by atoms with Crippen molar-refractivity contribution >= 4 is 17.5 Å². The van der Waals surface area contributed by atoms with Gasteiger partial charge in [0.25, 0.3) is 0 Å². The zero-order valence-electron chi connectivity index (χ0n) is 6.01. The Balaban J connectivity index is 2.75. The summed E-state index contributed by atoms with van der Waals surface area (Å²) in [7, 11) is 0. The molecule has 0 saturated carbocycles. The van der Waals surface area contributed by atoms with Crippen LogP contribution in [-0.4, -0.2) is 26.2 Å². The minimum Gasteiger partial charge on any atom is -0.296 e. The summed E-state index contributed by atoms with van der Waals surface area (Å²) < 4.78 is 0. The molecule has 0 radical (unpaired) electrons. The van der Waals surface area contributed by atoms with Gasteiger partial charge in [0.05, 0.1) is 12.4 Å². The molecule has 0 aliphatic carbocycles. The van der Waals surface area contributed by atoms with Gasteiger partial charge in [0.2, 0.25) is 0 Å². The van der Waals surface area contributed by atoms with E-state index < -0.39 is 0 Å². The zero-order chi connectivity index (χ0) is 8.39. The zero-order valence-corrected chi connectivity index (χ0v) is 6.01. The second-order valence-corrected chi connectivity index (χ2v) is 2.14. The molecule has 2 aromatic rings. The maximum atomic E-state index is 10.3. The lowest BCUT2D eigenvalue weighted by Crippen LogP contribution is -1.92. The summed E-state index contributed by atoms with van der Waals surface area (Å²) in [6, 6.07) is 0. The summed E-state index contributed by atoms with van der Waals surface area (Å²) in [6.07, 6.45) is 4.92. The molecule has 0 aromatic carbocycles. The predicted molar refractivity (Wildman–Crippen MR) is 40.5 cm³/mol. The number of aromatic nitrogens is 4. The van der Waals surface area contributed by atoms with Crippen LogP contribution in [0.2, 0.25) is 0 Å². The van der Waals surface area contributed by atoms with Gasteiger partial charge in [0.15, 0.2) is 11.9 Å².